The summed E-state index contributed by atoms with van der Waals surface area (Å²) in [6.45, 7) is 8.67. The van der Waals surface area contributed by atoms with Gasteiger partial charge in [0, 0.05) is 18.1 Å². The first-order chi connectivity index (χ1) is 14.1. The minimum absolute atomic E-state index is 0.0808. The van der Waals surface area contributed by atoms with E-state index in [1.807, 2.05) is 0 Å². The van der Waals surface area contributed by atoms with Crippen LogP contribution in [0.2, 0.25) is 0 Å². The van der Waals surface area contributed by atoms with Gasteiger partial charge in [-0.25, -0.2) is 4.79 Å². The molecule has 1 atom stereocenters. The van der Waals surface area contributed by atoms with Crippen LogP contribution in [-0.4, -0.2) is 51.4 Å². The summed E-state index contributed by atoms with van der Waals surface area (Å²) in [7, 11) is 0. The van der Waals surface area contributed by atoms with E-state index in [4.69, 9.17) is 17.3 Å². The summed E-state index contributed by atoms with van der Waals surface area (Å²) in [5.74, 6) is -0.824. The van der Waals surface area contributed by atoms with Crippen molar-refractivity contribution in [3.63, 3.8) is 0 Å². The predicted molar refractivity (Wildman–Crippen MR) is 130 cm³/mol. The second-order valence-electron chi connectivity index (χ2n) is 7.43. The number of carboxylic acid groups (broad SMARTS) is 2. The van der Waals surface area contributed by atoms with E-state index in [9.17, 15) is 14.7 Å². The van der Waals surface area contributed by atoms with E-state index in [0.29, 0.717) is 5.75 Å². The van der Waals surface area contributed by atoms with Crippen LogP contribution in [0.15, 0.2) is 34.9 Å². The largest absolute Gasteiger partial charge is 0.481 e. The van der Waals surface area contributed by atoms with Crippen molar-refractivity contribution in [3.05, 3.63) is 34.9 Å². The van der Waals surface area contributed by atoms with Crippen LogP contribution in [0, 0.1) is 0 Å². The maximum atomic E-state index is 11.4. The molecule has 0 amide bonds. The molecule has 0 aliphatic rings. The normalized spacial score (nSPS) is 12.8. The summed E-state index contributed by atoms with van der Waals surface area (Å²) in [5.41, 5.74) is 4.07. The van der Waals surface area contributed by atoms with Gasteiger partial charge < -0.3 is 20.8 Å². The van der Waals surface area contributed by atoms with Gasteiger partial charge in [-0.15, -0.1) is 0 Å². The molecule has 6 nitrogen and oxygen atoms in total. The maximum absolute atomic E-state index is 11.4. The first-order valence-corrected chi connectivity index (χ1v) is 11.7. The number of hydrogen-bond donors (Lipinski definition) is 4. The fraction of sp³-hybridized carbons (Fsp3) is 0.591. The van der Waals surface area contributed by atoms with E-state index < -0.39 is 18.0 Å². The third-order valence-corrected chi connectivity index (χ3v) is 5.42. The van der Waals surface area contributed by atoms with Crippen LogP contribution < -0.4 is 10.6 Å². The molecule has 0 saturated carbocycles. The van der Waals surface area contributed by atoms with Gasteiger partial charge in [0.25, 0.3) is 0 Å². The predicted octanol–water partition coefficient (Wildman–Crippen LogP) is 4.53. The Kier molecular flexibility index (Phi) is 15.9. The molecule has 0 radical (unpaired) electrons. The molecule has 0 aromatic heterocycles. The summed E-state index contributed by atoms with van der Waals surface area (Å²) in [5, 5.41) is 23.5. The highest BCUT2D eigenvalue weighted by Crippen LogP contribution is 2.13. The number of carboxylic acids is 2. The smallest absolute Gasteiger partial charge is 0.327 e. The molecule has 30 heavy (non-hydrogen) atoms. The lowest BCUT2D eigenvalue weighted by molar-refractivity contribution is -0.139. The quantitative estimate of drug-likeness (QED) is 0.162. The molecule has 0 aliphatic carbocycles. The van der Waals surface area contributed by atoms with Gasteiger partial charge in [-0.2, -0.15) is 11.8 Å². The Morgan fingerprint density at radius 1 is 0.967 bits per heavy atom. The SMILES string of the molecule is CC(C)=CCCC(C)=CCCC(C)=CCSC[C@H](NC(=S)NCCC(=O)O)C(=O)O. The number of nitrogens with one attached hydrogen (secondary N) is 2. The Balaban J connectivity index is 4.19. The lowest BCUT2D eigenvalue weighted by atomic mass is 10.1. The van der Waals surface area contributed by atoms with Crippen molar-refractivity contribution in [2.45, 2.75) is 65.8 Å². The van der Waals surface area contributed by atoms with Crippen molar-refractivity contribution in [1.29, 1.82) is 0 Å². The van der Waals surface area contributed by atoms with Crippen LogP contribution in [0.25, 0.3) is 0 Å². The molecule has 0 fully saturated rings. The summed E-state index contributed by atoms with van der Waals surface area (Å²) in [6.07, 6.45) is 10.8. The topological polar surface area (TPSA) is 98.7 Å². The molecule has 0 aromatic carbocycles. The fourth-order valence-electron chi connectivity index (χ4n) is 2.39. The minimum atomic E-state index is -0.987. The first-order valence-electron chi connectivity index (χ1n) is 10.1. The van der Waals surface area contributed by atoms with Gasteiger partial charge in [0.1, 0.15) is 6.04 Å². The Morgan fingerprint density at radius 2 is 1.57 bits per heavy atom. The Hall–Kier alpha value is -1.80. The summed E-state index contributed by atoms with van der Waals surface area (Å²) >= 11 is 6.54. The van der Waals surface area contributed by atoms with Gasteiger partial charge in [-0.1, -0.05) is 34.9 Å². The molecule has 4 N–H and O–H groups in total. The zero-order valence-electron chi connectivity index (χ0n) is 18.5. The van der Waals surface area contributed by atoms with Crippen molar-refractivity contribution in [2.24, 2.45) is 0 Å². The average Bonchev–Trinajstić information content (AvgIpc) is 2.63. The summed E-state index contributed by atoms with van der Waals surface area (Å²) < 4.78 is 0. The van der Waals surface area contributed by atoms with Crippen molar-refractivity contribution in [2.75, 3.05) is 18.1 Å². The monoisotopic (exact) mass is 456 g/mol. The van der Waals surface area contributed by atoms with E-state index in [2.05, 4.69) is 56.6 Å². The molecule has 0 bridgehead atoms. The second-order valence-corrected chi connectivity index (χ2v) is 8.92. The van der Waals surface area contributed by atoms with Crippen molar-refractivity contribution in [3.8, 4) is 0 Å². The molecule has 0 rings (SSSR count). The number of allylic oxidation sites excluding steroid dienone is 5. The maximum Gasteiger partial charge on any atom is 0.327 e. The summed E-state index contributed by atoms with van der Waals surface area (Å²) in [4.78, 5) is 21.9. The highest BCUT2D eigenvalue weighted by Gasteiger charge is 2.18. The molecule has 0 aliphatic heterocycles. The van der Waals surface area contributed by atoms with Crippen LogP contribution in [0.1, 0.15) is 59.8 Å². The molecule has 0 heterocycles. The van der Waals surface area contributed by atoms with E-state index in [1.54, 1.807) is 0 Å². The van der Waals surface area contributed by atoms with E-state index in [0.717, 1.165) is 31.4 Å². The number of thiocarbonyl (C=S) groups is 1. The Bertz CT molecular complexity index is 654. The molecule has 8 heteroatoms. The van der Waals surface area contributed by atoms with Gasteiger partial charge in [-0.05, 0) is 65.6 Å². The van der Waals surface area contributed by atoms with Gasteiger partial charge >= 0.3 is 11.9 Å². The minimum Gasteiger partial charge on any atom is -0.481 e. The third-order valence-electron chi connectivity index (χ3n) is 4.18. The fourth-order valence-corrected chi connectivity index (χ4v) is 3.64. The van der Waals surface area contributed by atoms with Crippen LogP contribution in [-0.2, 0) is 9.59 Å². The number of thioether (sulfide) groups is 1. The highest BCUT2D eigenvalue weighted by atomic mass is 32.2. The zero-order chi connectivity index (χ0) is 22.9. The zero-order valence-corrected chi connectivity index (χ0v) is 20.1. The van der Waals surface area contributed by atoms with Crippen molar-refractivity contribution in [1.82, 2.24) is 10.6 Å². The molecule has 0 saturated heterocycles. The number of rotatable bonds is 15. The van der Waals surface area contributed by atoms with Crippen LogP contribution in [0.5, 0.6) is 0 Å². The molecule has 0 aromatic rings. The number of carbonyl (C=O) groups is 2. The summed E-state index contributed by atoms with van der Waals surface area (Å²) in [6, 6.07) is -0.820. The van der Waals surface area contributed by atoms with Crippen molar-refractivity contribution >= 4 is 41.0 Å². The van der Waals surface area contributed by atoms with Gasteiger partial charge in [0.15, 0.2) is 5.11 Å². The molecular formula is C22H36N2O4S2. The van der Waals surface area contributed by atoms with Gasteiger partial charge in [0.05, 0.1) is 6.42 Å². The standard InChI is InChI=1S/C22H36N2O4S2/c1-16(2)7-5-8-17(3)9-6-10-18(4)12-14-30-15-19(21(27)28)24-22(29)23-13-11-20(25)26/h7,9,12,19H,5-6,8,10-11,13-15H2,1-4H3,(H,25,26)(H,27,28)(H2,23,24,29)/t19-/m0/s1. The van der Waals surface area contributed by atoms with Crippen LogP contribution in [0.3, 0.4) is 0 Å². The number of hydrogen-bond acceptors (Lipinski definition) is 4. The van der Waals surface area contributed by atoms with E-state index >= 15 is 0 Å². The van der Waals surface area contributed by atoms with E-state index in [1.165, 1.54) is 28.5 Å². The second kappa shape index (κ2) is 16.9. The van der Waals surface area contributed by atoms with Crippen LogP contribution >= 0.6 is 24.0 Å². The highest BCUT2D eigenvalue weighted by molar-refractivity contribution is 7.99. The first kappa shape index (κ1) is 28.2. The molecule has 0 unspecified atom stereocenters. The lowest BCUT2D eigenvalue weighted by Crippen LogP contribution is -2.47. The lowest BCUT2D eigenvalue weighted by Gasteiger charge is -2.16. The molecule has 0 spiro atoms. The van der Waals surface area contributed by atoms with Crippen LogP contribution in [0.4, 0.5) is 0 Å². The Labute approximate surface area is 190 Å². The van der Waals surface area contributed by atoms with Gasteiger partial charge in [-0.3, -0.25) is 4.79 Å². The van der Waals surface area contributed by atoms with Gasteiger partial charge in [0.2, 0.25) is 0 Å². The molecular weight excluding hydrogens is 420 g/mol. The third kappa shape index (κ3) is 17.1. The number of aliphatic carboxylic acids is 2. The Morgan fingerprint density at radius 3 is 2.13 bits per heavy atom. The van der Waals surface area contributed by atoms with E-state index in [-0.39, 0.29) is 18.1 Å². The van der Waals surface area contributed by atoms with Crippen molar-refractivity contribution < 1.29 is 19.8 Å². The molecule has 170 valence electrons. The average molecular weight is 457 g/mol.